The average molecular weight is 473 g/mol. The third-order valence-electron chi connectivity index (χ3n) is 3.73. The topological polar surface area (TPSA) is 0 Å². The van der Waals surface area contributed by atoms with E-state index in [9.17, 15) is 4.39 Å². The lowest BCUT2D eigenvalue weighted by Crippen LogP contribution is -1.94. The van der Waals surface area contributed by atoms with E-state index < -0.39 is 5.82 Å². The molecule has 4 heteroatoms. The Morgan fingerprint density at radius 2 is 1.96 bits per heavy atom. The van der Waals surface area contributed by atoms with Crippen LogP contribution in [0.25, 0.3) is 4.91 Å². The summed E-state index contributed by atoms with van der Waals surface area (Å²) in [5.74, 6) is -0.408. The highest BCUT2D eigenvalue weighted by Crippen LogP contribution is 2.31. The van der Waals surface area contributed by atoms with Gasteiger partial charge in [0, 0.05) is 8.48 Å². The monoisotopic (exact) mass is 472 g/mol. The van der Waals surface area contributed by atoms with Crippen LogP contribution in [-0.4, -0.2) is 0 Å². The van der Waals surface area contributed by atoms with Crippen molar-refractivity contribution in [3.8, 4) is 0 Å². The molecule has 0 spiro atoms. The molecule has 2 aromatic rings. The third-order valence-corrected chi connectivity index (χ3v) is 6.22. The molecule has 0 atom stereocenters. The Morgan fingerprint density at radius 1 is 1.25 bits per heavy atom. The highest BCUT2D eigenvalue weighted by molar-refractivity contribution is 14.1. The minimum Gasteiger partial charge on any atom is -0.205 e. The van der Waals surface area contributed by atoms with Gasteiger partial charge in [-0.05, 0) is 95.6 Å². The Balaban J connectivity index is 2.07. The van der Waals surface area contributed by atoms with Crippen LogP contribution in [0.5, 0.6) is 0 Å². The molecule has 24 heavy (non-hydrogen) atoms. The number of rotatable bonds is 5. The highest BCUT2D eigenvalue weighted by Gasteiger charge is 2.06. The van der Waals surface area contributed by atoms with Gasteiger partial charge in [-0.1, -0.05) is 47.6 Å². The maximum absolute atomic E-state index is 13.2. The lowest BCUT2D eigenvalue weighted by Gasteiger charge is -2.10. The summed E-state index contributed by atoms with van der Waals surface area (Å²) in [7, 11) is 0. The molecule has 0 amide bonds. The normalized spacial score (nSPS) is 11.7. The van der Waals surface area contributed by atoms with Crippen molar-refractivity contribution in [3.63, 3.8) is 0 Å². The molecule has 0 aliphatic carbocycles. The predicted molar refractivity (Wildman–Crippen MR) is 114 cm³/mol. The zero-order valence-corrected chi connectivity index (χ0v) is 17.7. The summed E-state index contributed by atoms with van der Waals surface area (Å²) in [5, 5.41) is 2.23. The first-order valence-electron chi connectivity index (χ1n) is 7.50. The van der Waals surface area contributed by atoms with E-state index in [1.54, 1.807) is 23.9 Å². The molecule has 0 aromatic heterocycles. The third kappa shape index (κ3) is 5.11. The molecular formula is C20H19ClFIS. The Morgan fingerprint density at radius 3 is 2.62 bits per heavy atom. The average Bonchev–Trinajstić information content (AvgIpc) is 2.53. The summed E-state index contributed by atoms with van der Waals surface area (Å²) in [6.07, 6.45) is 0.911. The molecule has 0 unspecified atom stereocenters. The van der Waals surface area contributed by atoms with E-state index in [2.05, 4.69) is 67.5 Å². The van der Waals surface area contributed by atoms with Gasteiger partial charge >= 0.3 is 0 Å². The van der Waals surface area contributed by atoms with Crippen LogP contribution < -0.4 is 0 Å². The van der Waals surface area contributed by atoms with Gasteiger partial charge in [-0.3, -0.25) is 0 Å². The van der Waals surface area contributed by atoms with E-state index in [-0.39, 0.29) is 5.02 Å². The first kappa shape index (κ1) is 19.5. The molecule has 126 valence electrons. The second-order valence-corrected chi connectivity index (χ2v) is 8.37. The van der Waals surface area contributed by atoms with Crippen molar-refractivity contribution in [1.29, 1.82) is 0 Å². The van der Waals surface area contributed by atoms with Gasteiger partial charge in [0.25, 0.3) is 0 Å². The van der Waals surface area contributed by atoms with Gasteiger partial charge in [0.15, 0.2) is 0 Å². The SMILES string of the molecule is C=C(S/C=C(\C)Cc1cc(C)c(I)cc1C)c1ccc(F)c(Cl)c1. The molecule has 2 aromatic carbocycles. The number of halogens is 3. The summed E-state index contributed by atoms with van der Waals surface area (Å²) >= 11 is 9.75. The van der Waals surface area contributed by atoms with Crippen LogP contribution in [-0.2, 0) is 6.42 Å². The molecule has 0 N–H and O–H groups in total. The van der Waals surface area contributed by atoms with Crippen LogP contribution in [0.2, 0.25) is 5.02 Å². The largest absolute Gasteiger partial charge is 0.205 e. The van der Waals surface area contributed by atoms with E-state index >= 15 is 0 Å². The van der Waals surface area contributed by atoms with Crippen molar-refractivity contribution >= 4 is 50.9 Å². The number of allylic oxidation sites excluding steroid dienone is 1. The van der Waals surface area contributed by atoms with Crippen molar-refractivity contribution in [2.45, 2.75) is 27.2 Å². The molecular weight excluding hydrogens is 454 g/mol. The summed E-state index contributed by atoms with van der Waals surface area (Å²) in [5.41, 5.74) is 6.07. The first-order valence-corrected chi connectivity index (χ1v) is 9.84. The Bertz CT molecular complexity index is 812. The molecule has 0 bridgehead atoms. The van der Waals surface area contributed by atoms with Crippen LogP contribution in [0.1, 0.15) is 29.2 Å². The second-order valence-electron chi connectivity index (χ2n) is 5.84. The zero-order chi connectivity index (χ0) is 17.9. The Kier molecular flexibility index (Phi) is 6.96. The van der Waals surface area contributed by atoms with E-state index in [1.807, 2.05) is 0 Å². The summed E-state index contributed by atoms with van der Waals surface area (Å²) in [6.45, 7) is 10.5. The standard InChI is InChI=1S/C20H19ClFIS/c1-12(7-17-8-14(3)20(23)9-13(17)2)11-24-15(4)16-5-6-19(22)18(21)10-16/h5-6,8-11H,4,7H2,1-3H3/b12-11+. The number of benzene rings is 2. The molecule has 0 radical (unpaired) electrons. The molecule has 0 saturated heterocycles. The maximum Gasteiger partial charge on any atom is 0.141 e. The van der Waals surface area contributed by atoms with E-state index in [1.165, 1.54) is 31.9 Å². The molecule has 0 aliphatic heterocycles. The minimum atomic E-state index is -0.408. The number of thioether (sulfide) groups is 1. The molecule has 0 fully saturated rings. The van der Waals surface area contributed by atoms with Gasteiger partial charge in [0.1, 0.15) is 5.82 Å². The van der Waals surface area contributed by atoms with Gasteiger partial charge in [-0.25, -0.2) is 4.39 Å². The van der Waals surface area contributed by atoms with Crippen LogP contribution in [0, 0.1) is 23.2 Å². The van der Waals surface area contributed by atoms with Crippen LogP contribution in [0.3, 0.4) is 0 Å². The first-order chi connectivity index (χ1) is 11.3. The zero-order valence-electron chi connectivity index (χ0n) is 13.9. The summed E-state index contributed by atoms with van der Waals surface area (Å²) in [4.78, 5) is 0.853. The van der Waals surface area contributed by atoms with Gasteiger partial charge in [-0.2, -0.15) is 0 Å². The lowest BCUT2D eigenvalue weighted by atomic mass is 10.00. The number of hydrogen-bond donors (Lipinski definition) is 0. The van der Waals surface area contributed by atoms with Crippen molar-refractivity contribution in [2.24, 2.45) is 0 Å². The smallest absolute Gasteiger partial charge is 0.141 e. The molecule has 0 nitrogen and oxygen atoms in total. The van der Waals surface area contributed by atoms with Crippen LogP contribution in [0.15, 0.2) is 47.9 Å². The van der Waals surface area contributed by atoms with Crippen LogP contribution >= 0.6 is 46.0 Å². The van der Waals surface area contributed by atoms with Crippen molar-refractivity contribution in [3.05, 3.63) is 84.6 Å². The summed E-state index contributed by atoms with van der Waals surface area (Å²) < 4.78 is 14.5. The Hall–Kier alpha value is -0.780. The Labute approximate surface area is 166 Å². The van der Waals surface area contributed by atoms with E-state index in [0.717, 1.165) is 16.9 Å². The number of hydrogen-bond acceptors (Lipinski definition) is 1. The van der Waals surface area contributed by atoms with E-state index in [4.69, 9.17) is 11.6 Å². The number of aryl methyl sites for hydroxylation is 2. The minimum absolute atomic E-state index is 0.125. The molecule has 0 aliphatic rings. The molecule has 0 heterocycles. The highest BCUT2D eigenvalue weighted by atomic mass is 127. The van der Waals surface area contributed by atoms with E-state index in [0.29, 0.717) is 0 Å². The van der Waals surface area contributed by atoms with Crippen molar-refractivity contribution in [1.82, 2.24) is 0 Å². The van der Waals surface area contributed by atoms with Crippen LogP contribution in [0.4, 0.5) is 4.39 Å². The van der Waals surface area contributed by atoms with Gasteiger partial charge in [0.05, 0.1) is 5.02 Å². The molecule has 2 rings (SSSR count). The van der Waals surface area contributed by atoms with Crippen molar-refractivity contribution in [2.75, 3.05) is 0 Å². The van der Waals surface area contributed by atoms with Gasteiger partial charge in [-0.15, -0.1) is 0 Å². The summed E-state index contributed by atoms with van der Waals surface area (Å²) in [6, 6.07) is 9.17. The van der Waals surface area contributed by atoms with Crippen molar-refractivity contribution < 1.29 is 4.39 Å². The second kappa shape index (κ2) is 8.54. The predicted octanol–water partition coefficient (Wildman–Crippen LogP) is 7.55. The van der Waals surface area contributed by atoms with Gasteiger partial charge < -0.3 is 0 Å². The fourth-order valence-corrected chi connectivity index (χ4v) is 3.78. The quantitative estimate of drug-likeness (QED) is 0.405. The fraction of sp³-hybridized carbons (Fsp3) is 0.200. The lowest BCUT2D eigenvalue weighted by molar-refractivity contribution is 0.628. The molecule has 0 saturated carbocycles. The fourth-order valence-electron chi connectivity index (χ4n) is 2.28. The maximum atomic E-state index is 13.2. The van der Waals surface area contributed by atoms with Gasteiger partial charge in [0.2, 0.25) is 0 Å².